The van der Waals surface area contributed by atoms with Crippen LogP contribution in [0.25, 0.3) is 10.8 Å². The first-order valence-corrected chi connectivity index (χ1v) is 5.89. The van der Waals surface area contributed by atoms with Crippen LogP contribution in [0.1, 0.15) is 11.1 Å². The molecule has 0 fully saturated rings. The van der Waals surface area contributed by atoms with E-state index in [0.29, 0.717) is 0 Å². The summed E-state index contributed by atoms with van der Waals surface area (Å²) >= 11 is 0. The minimum Gasteiger partial charge on any atom is -1.00 e. The van der Waals surface area contributed by atoms with E-state index in [-0.39, 0.29) is 51.0 Å². The van der Waals surface area contributed by atoms with E-state index in [4.69, 9.17) is 0 Å². The van der Waals surface area contributed by atoms with Gasteiger partial charge < -0.3 is 24.8 Å². The summed E-state index contributed by atoms with van der Waals surface area (Å²) in [6.45, 7) is 4.21. The second kappa shape index (κ2) is 11.2. The van der Waals surface area contributed by atoms with E-state index in [1.165, 1.54) is 21.9 Å². The summed E-state index contributed by atoms with van der Waals surface area (Å²) < 4.78 is 0. The first kappa shape index (κ1) is 21.8. The van der Waals surface area contributed by atoms with Crippen LogP contribution in [-0.2, 0) is 26.2 Å². The van der Waals surface area contributed by atoms with Gasteiger partial charge in [0, 0.05) is 0 Å². The van der Waals surface area contributed by atoms with Gasteiger partial charge in [0.25, 0.3) is 0 Å². The standard InChI is InChI=1S/C10H9.C7H8.2ClH.Zr/c1-8-6-9-4-2-3-5-10(9)7-8;1-7-5-3-2-4-6-7;;;/h2-7H,1H3;2-6H,1H3;2*1H;/q-1;;;;+3/p-2. The molecule has 0 aliphatic rings. The van der Waals surface area contributed by atoms with Crippen molar-refractivity contribution in [3.63, 3.8) is 0 Å². The molecule has 0 aliphatic heterocycles. The monoisotopic (exact) mass is 381 g/mol. The van der Waals surface area contributed by atoms with Gasteiger partial charge >= 0.3 is 26.2 Å². The van der Waals surface area contributed by atoms with E-state index in [2.05, 4.69) is 62.4 Å². The Morgan fingerprint density at radius 1 is 0.750 bits per heavy atom. The zero-order valence-electron chi connectivity index (χ0n) is 11.6. The van der Waals surface area contributed by atoms with Gasteiger partial charge in [0.1, 0.15) is 0 Å². The maximum absolute atomic E-state index is 2.20. The number of hydrogen-bond donors (Lipinski definition) is 0. The molecule has 0 spiro atoms. The smallest absolute Gasteiger partial charge is 1.00 e. The zero-order valence-corrected chi connectivity index (χ0v) is 15.6. The molecule has 3 aromatic rings. The predicted molar refractivity (Wildman–Crippen MR) is 75.5 cm³/mol. The van der Waals surface area contributed by atoms with Crippen LogP contribution in [0.5, 0.6) is 0 Å². The fourth-order valence-electron chi connectivity index (χ4n) is 1.84. The molecule has 103 valence electrons. The van der Waals surface area contributed by atoms with Gasteiger partial charge in [-0.25, -0.2) is 0 Å². The molecule has 0 unspecified atom stereocenters. The summed E-state index contributed by atoms with van der Waals surface area (Å²) in [7, 11) is 0. The Balaban J connectivity index is 0. The van der Waals surface area contributed by atoms with Crippen LogP contribution in [0.15, 0.2) is 66.7 Å². The first-order valence-electron chi connectivity index (χ1n) is 5.89. The third-order valence-corrected chi connectivity index (χ3v) is 2.70. The van der Waals surface area contributed by atoms with Crippen molar-refractivity contribution in [2.24, 2.45) is 0 Å². The number of halogens is 2. The number of fused-ring (bicyclic) bond motifs is 1. The summed E-state index contributed by atoms with van der Waals surface area (Å²) in [5.74, 6) is 0. The van der Waals surface area contributed by atoms with Crippen molar-refractivity contribution in [3.8, 4) is 0 Å². The van der Waals surface area contributed by atoms with Gasteiger partial charge in [0.15, 0.2) is 0 Å². The Labute approximate surface area is 152 Å². The maximum atomic E-state index is 2.20. The molecule has 0 bridgehead atoms. The molecule has 0 atom stereocenters. The third kappa shape index (κ3) is 6.79. The summed E-state index contributed by atoms with van der Waals surface area (Å²) in [6.07, 6.45) is 0. The molecule has 20 heavy (non-hydrogen) atoms. The van der Waals surface area contributed by atoms with Crippen molar-refractivity contribution in [2.75, 3.05) is 0 Å². The molecule has 0 aliphatic carbocycles. The Bertz CT molecular complexity index is 555. The van der Waals surface area contributed by atoms with Crippen LogP contribution in [0, 0.1) is 13.8 Å². The molecule has 3 aromatic carbocycles. The molecule has 3 heteroatoms. The Hall–Kier alpha value is -0.487. The van der Waals surface area contributed by atoms with Gasteiger partial charge in [0.05, 0.1) is 0 Å². The molecule has 0 N–H and O–H groups in total. The molecule has 0 heterocycles. The minimum absolute atomic E-state index is 0. The number of aryl methyl sites for hydroxylation is 2. The van der Waals surface area contributed by atoms with E-state index < -0.39 is 0 Å². The SMILES string of the molecule is Cc1cc2ccccc2[cH-]1.Cc1ccccc1.[Cl-].[Cl-].[Zr+3]. The van der Waals surface area contributed by atoms with E-state index in [9.17, 15) is 0 Å². The van der Waals surface area contributed by atoms with Gasteiger partial charge in [-0.05, 0) is 6.92 Å². The molecule has 0 aromatic heterocycles. The average molecular weight is 383 g/mol. The average Bonchev–Trinajstić information content (AvgIpc) is 2.71. The van der Waals surface area contributed by atoms with Crippen LogP contribution in [-0.4, -0.2) is 0 Å². The second-order valence-corrected chi connectivity index (χ2v) is 4.32. The van der Waals surface area contributed by atoms with Crippen LogP contribution < -0.4 is 24.8 Å². The summed E-state index contributed by atoms with van der Waals surface area (Å²) in [4.78, 5) is 0. The van der Waals surface area contributed by atoms with E-state index in [1.807, 2.05) is 18.2 Å². The van der Waals surface area contributed by atoms with Gasteiger partial charge in [-0.1, -0.05) is 48.9 Å². The molecule has 0 saturated carbocycles. The van der Waals surface area contributed by atoms with E-state index in [1.54, 1.807) is 0 Å². The van der Waals surface area contributed by atoms with Crippen molar-refractivity contribution in [1.82, 2.24) is 0 Å². The van der Waals surface area contributed by atoms with Gasteiger partial charge in [-0.15, -0.1) is 40.6 Å². The zero-order chi connectivity index (χ0) is 12.1. The number of benzene rings is 2. The summed E-state index contributed by atoms with van der Waals surface area (Å²) in [5, 5.41) is 2.69. The quantitative estimate of drug-likeness (QED) is 0.431. The summed E-state index contributed by atoms with van der Waals surface area (Å²) in [6, 6.07) is 23.1. The number of rotatable bonds is 0. The van der Waals surface area contributed by atoms with Crippen molar-refractivity contribution in [1.29, 1.82) is 0 Å². The molecule has 1 radical (unpaired) electrons. The number of hydrogen-bond acceptors (Lipinski definition) is 0. The molecule has 0 saturated heterocycles. The first-order chi connectivity index (χ1) is 8.25. The van der Waals surface area contributed by atoms with Crippen molar-refractivity contribution >= 4 is 10.8 Å². The summed E-state index contributed by atoms with van der Waals surface area (Å²) in [5.41, 5.74) is 2.67. The largest absolute Gasteiger partial charge is 3.00 e. The maximum Gasteiger partial charge on any atom is 3.00 e. The van der Waals surface area contributed by atoms with Gasteiger partial charge in [0.2, 0.25) is 0 Å². The van der Waals surface area contributed by atoms with Crippen LogP contribution in [0.4, 0.5) is 0 Å². The van der Waals surface area contributed by atoms with Crippen molar-refractivity contribution in [2.45, 2.75) is 13.8 Å². The molecule has 0 nitrogen and oxygen atoms in total. The Morgan fingerprint density at radius 2 is 1.30 bits per heavy atom. The van der Waals surface area contributed by atoms with Crippen LogP contribution in [0.3, 0.4) is 0 Å². The molecular formula is C17H17Cl2Zr. The molecule has 0 amide bonds. The fraction of sp³-hybridized carbons (Fsp3) is 0.118. The van der Waals surface area contributed by atoms with E-state index >= 15 is 0 Å². The van der Waals surface area contributed by atoms with Crippen LogP contribution >= 0.6 is 0 Å². The Morgan fingerprint density at radius 3 is 1.80 bits per heavy atom. The predicted octanol–water partition coefficient (Wildman–Crippen LogP) is -1.13. The van der Waals surface area contributed by atoms with Crippen molar-refractivity contribution in [3.05, 3.63) is 77.9 Å². The molecular weight excluding hydrogens is 366 g/mol. The topological polar surface area (TPSA) is 0 Å². The Kier molecular flexibility index (Phi) is 12.2. The fourth-order valence-corrected chi connectivity index (χ4v) is 1.84. The van der Waals surface area contributed by atoms with Gasteiger partial charge in [-0.3, -0.25) is 0 Å². The second-order valence-electron chi connectivity index (χ2n) is 4.32. The van der Waals surface area contributed by atoms with Crippen molar-refractivity contribution < 1.29 is 51.0 Å². The van der Waals surface area contributed by atoms with E-state index in [0.717, 1.165) is 0 Å². The third-order valence-electron chi connectivity index (χ3n) is 2.70. The van der Waals surface area contributed by atoms with Gasteiger partial charge in [-0.2, -0.15) is 6.07 Å². The normalized spacial score (nSPS) is 8.30. The minimum atomic E-state index is 0. The molecule has 3 rings (SSSR count). The van der Waals surface area contributed by atoms with Crippen LogP contribution in [0.2, 0.25) is 0 Å².